The third-order valence-corrected chi connectivity index (χ3v) is 1.77. The van der Waals surface area contributed by atoms with Crippen molar-refractivity contribution >= 4 is 0 Å². The normalized spacial score (nSPS) is 10.3. The zero-order chi connectivity index (χ0) is 7.72. The number of aryl methyl sites for hydroxylation is 1. The highest BCUT2D eigenvalue weighted by atomic mass is 16.1. The predicted molar refractivity (Wildman–Crippen MR) is 40.1 cm³/mol. The quantitative estimate of drug-likeness (QED) is 0.609. The van der Waals surface area contributed by atoms with Crippen LogP contribution in [0.15, 0.2) is 4.79 Å². The topological polar surface area (TPSA) is 37.8 Å². The van der Waals surface area contributed by atoms with E-state index >= 15 is 0 Å². The summed E-state index contributed by atoms with van der Waals surface area (Å²) in [7, 11) is 1.78. The highest BCUT2D eigenvalue weighted by Crippen LogP contribution is 2.00. The molecule has 0 aliphatic rings. The van der Waals surface area contributed by atoms with Crippen molar-refractivity contribution in [2.24, 2.45) is 7.05 Å². The first-order valence-electron chi connectivity index (χ1n) is 3.41. The van der Waals surface area contributed by atoms with Crippen molar-refractivity contribution in [3.8, 4) is 0 Å². The zero-order valence-corrected chi connectivity index (χ0v) is 6.56. The Morgan fingerprint density at radius 3 is 2.40 bits per heavy atom. The predicted octanol–water partition coefficient (Wildman–Crippen LogP) is 0.584. The molecule has 0 spiro atoms. The van der Waals surface area contributed by atoms with Crippen LogP contribution in [0.3, 0.4) is 0 Å². The minimum atomic E-state index is -0.0191. The fraction of sp³-hybridized carbons (Fsp3) is 0.571. The average molecular weight is 140 g/mol. The van der Waals surface area contributed by atoms with Gasteiger partial charge in [0.15, 0.2) is 0 Å². The average Bonchev–Trinajstić information content (AvgIpc) is 2.09. The van der Waals surface area contributed by atoms with Crippen molar-refractivity contribution < 1.29 is 0 Å². The number of aromatic nitrogens is 2. The summed E-state index contributed by atoms with van der Waals surface area (Å²) in [6, 6.07) is 0. The highest BCUT2D eigenvalue weighted by molar-refractivity contribution is 5.10. The summed E-state index contributed by atoms with van der Waals surface area (Å²) in [5.41, 5.74) is 2.05. The lowest BCUT2D eigenvalue weighted by Crippen LogP contribution is -2.13. The number of hydrogen-bond acceptors (Lipinski definition) is 1. The summed E-state index contributed by atoms with van der Waals surface area (Å²) in [6.45, 7) is 3.95. The van der Waals surface area contributed by atoms with Crippen LogP contribution in [-0.2, 0) is 13.5 Å². The van der Waals surface area contributed by atoms with Crippen LogP contribution in [0.4, 0.5) is 0 Å². The Labute approximate surface area is 59.7 Å². The molecule has 3 heteroatoms. The lowest BCUT2D eigenvalue weighted by molar-refractivity contribution is 0.797. The Morgan fingerprint density at radius 1 is 1.60 bits per heavy atom. The Hall–Kier alpha value is -0.990. The van der Waals surface area contributed by atoms with Gasteiger partial charge < -0.3 is 4.98 Å². The van der Waals surface area contributed by atoms with Gasteiger partial charge in [-0.15, -0.1) is 0 Å². The maximum atomic E-state index is 10.9. The lowest BCUT2D eigenvalue weighted by Gasteiger charge is -1.95. The van der Waals surface area contributed by atoms with Gasteiger partial charge in [-0.1, -0.05) is 6.92 Å². The van der Waals surface area contributed by atoms with Gasteiger partial charge >= 0.3 is 5.69 Å². The SMILES string of the molecule is CCc1c(C)[nH]c(=O)n1C. The van der Waals surface area contributed by atoms with E-state index in [1.54, 1.807) is 11.6 Å². The molecule has 0 fully saturated rings. The van der Waals surface area contributed by atoms with Crippen LogP contribution in [0.1, 0.15) is 18.3 Å². The molecule has 1 N–H and O–H groups in total. The second-order valence-electron chi connectivity index (χ2n) is 2.41. The maximum Gasteiger partial charge on any atom is 0.325 e. The molecule has 56 valence electrons. The largest absolute Gasteiger partial charge is 0.325 e. The summed E-state index contributed by atoms with van der Waals surface area (Å²) < 4.78 is 1.65. The molecule has 0 radical (unpaired) electrons. The van der Waals surface area contributed by atoms with Gasteiger partial charge in [-0.2, -0.15) is 0 Å². The lowest BCUT2D eigenvalue weighted by atomic mass is 10.3. The van der Waals surface area contributed by atoms with E-state index in [1.807, 2.05) is 13.8 Å². The molecule has 1 aromatic rings. The Balaban J connectivity index is 3.34. The van der Waals surface area contributed by atoms with E-state index in [2.05, 4.69) is 4.98 Å². The molecule has 1 heterocycles. The number of nitrogens with one attached hydrogen (secondary N) is 1. The minimum Gasteiger partial charge on any atom is -0.310 e. The van der Waals surface area contributed by atoms with Gasteiger partial charge in [-0.3, -0.25) is 4.57 Å². The molecule has 0 amide bonds. The third kappa shape index (κ3) is 0.875. The molecule has 1 rings (SSSR count). The van der Waals surface area contributed by atoms with Gasteiger partial charge in [0.1, 0.15) is 0 Å². The van der Waals surface area contributed by atoms with E-state index in [9.17, 15) is 4.79 Å². The van der Waals surface area contributed by atoms with Crippen molar-refractivity contribution in [3.05, 3.63) is 21.9 Å². The standard InChI is InChI=1S/C7H12N2O/c1-4-6-5(2)8-7(10)9(6)3/h4H2,1-3H3,(H,8,10). The number of nitrogens with zero attached hydrogens (tertiary/aromatic N) is 1. The fourth-order valence-corrected chi connectivity index (χ4v) is 1.19. The molecule has 0 atom stereocenters. The second-order valence-corrected chi connectivity index (χ2v) is 2.41. The van der Waals surface area contributed by atoms with Crippen LogP contribution < -0.4 is 5.69 Å². The molecule has 0 saturated heterocycles. The molecule has 0 bridgehead atoms. The molecule has 0 aliphatic carbocycles. The maximum absolute atomic E-state index is 10.9. The van der Waals surface area contributed by atoms with E-state index in [0.717, 1.165) is 17.8 Å². The smallest absolute Gasteiger partial charge is 0.310 e. The summed E-state index contributed by atoms with van der Waals surface area (Å²) >= 11 is 0. The van der Waals surface area contributed by atoms with Crippen molar-refractivity contribution in [1.29, 1.82) is 0 Å². The van der Waals surface area contributed by atoms with Crippen LogP contribution in [0, 0.1) is 6.92 Å². The summed E-state index contributed by atoms with van der Waals surface area (Å²) in [6.07, 6.45) is 0.904. The van der Waals surface area contributed by atoms with Gasteiger partial charge in [0.25, 0.3) is 0 Å². The van der Waals surface area contributed by atoms with Crippen LogP contribution in [-0.4, -0.2) is 9.55 Å². The van der Waals surface area contributed by atoms with E-state index < -0.39 is 0 Å². The van der Waals surface area contributed by atoms with Crippen molar-refractivity contribution in [1.82, 2.24) is 9.55 Å². The van der Waals surface area contributed by atoms with Gasteiger partial charge in [-0.25, -0.2) is 4.79 Å². The zero-order valence-electron chi connectivity index (χ0n) is 6.56. The second kappa shape index (κ2) is 2.33. The van der Waals surface area contributed by atoms with Crippen LogP contribution >= 0.6 is 0 Å². The van der Waals surface area contributed by atoms with Gasteiger partial charge in [-0.05, 0) is 13.3 Å². The number of hydrogen-bond donors (Lipinski definition) is 1. The van der Waals surface area contributed by atoms with Gasteiger partial charge in [0.05, 0.1) is 0 Å². The molecule has 0 saturated carbocycles. The van der Waals surface area contributed by atoms with Crippen molar-refractivity contribution in [2.45, 2.75) is 20.3 Å². The monoisotopic (exact) mass is 140 g/mol. The first-order chi connectivity index (χ1) is 4.66. The Morgan fingerprint density at radius 2 is 2.20 bits per heavy atom. The van der Waals surface area contributed by atoms with Crippen LogP contribution in [0.5, 0.6) is 0 Å². The molecule has 0 aliphatic heterocycles. The molecular formula is C7H12N2O. The van der Waals surface area contributed by atoms with Gasteiger partial charge in [0.2, 0.25) is 0 Å². The Kier molecular flexibility index (Phi) is 1.66. The summed E-state index contributed by atoms with van der Waals surface area (Å²) in [4.78, 5) is 13.7. The fourth-order valence-electron chi connectivity index (χ4n) is 1.19. The molecule has 3 nitrogen and oxygen atoms in total. The number of rotatable bonds is 1. The molecule has 0 unspecified atom stereocenters. The van der Waals surface area contributed by atoms with Gasteiger partial charge in [0, 0.05) is 18.4 Å². The first-order valence-corrected chi connectivity index (χ1v) is 3.41. The van der Waals surface area contributed by atoms with E-state index in [4.69, 9.17) is 0 Å². The molecule has 10 heavy (non-hydrogen) atoms. The minimum absolute atomic E-state index is 0.0191. The van der Waals surface area contributed by atoms with E-state index in [0.29, 0.717) is 0 Å². The van der Waals surface area contributed by atoms with E-state index in [-0.39, 0.29) is 5.69 Å². The summed E-state index contributed by atoms with van der Waals surface area (Å²) in [5.74, 6) is 0. The Bertz CT molecular complexity index is 282. The van der Waals surface area contributed by atoms with Crippen LogP contribution in [0.25, 0.3) is 0 Å². The number of H-pyrrole nitrogens is 1. The van der Waals surface area contributed by atoms with Crippen molar-refractivity contribution in [2.75, 3.05) is 0 Å². The van der Waals surface area contributed by atoms with Crippen molar-refractivity contribution in [3.63, 3.8) is 0 Å². The van der Waals surface area contributed by atoms with E-state index in [1.165, 1.54) is 0 Å². The number of imidazole rings is 1. The molecular weight excluding hydrogens is 128 g/mol. The van der Waals surface area contributed by atoms with Crippen LogP contribution in [0.2, 0.25) is 0 Å². The summed E-state index contributed by atoms with van der Waals surface area (Å²) in [5, 5.41) is 0. The number of aromatic amines is 1. The molecule has 0 aromatic carbocycles. The highest BCUT2D eigenvalue weighted by Gasteiger charge is 2.02. The molecule has 1 aromatic heterocycles. The third-order valence-electron chi connectivity index (χ3n) is 1.77. The first kappa shape index (κ1) is 7.12.